The molecule has 0 aliphatic heterocycles. The molecule has 3 aromatic carbocycles. The van der Waals surface area contributed by atoms with Crippen LogP contribution < -0.4 is 4.74 Å². The van der Waals surface area contributed by atoms with Crippen molar-refractivity contribution in [1.29, 1.82) is 0 Å². The maximum absolute atomic E-state index is 10.9. The molecule has 0 aromatic heterocycles. The van der Waals surface area contributed by atoms with Crippen LogP contribution in [0, 0.1) is 34.1 Å². The zero-order valence-corrected chi connectivity index (χ0v) is 18.8. The fourth-order valence-electron chi connectivity index (χ4n) is 2.64. The van der Waals surface area contributed by atoms with Gasteiger partial charge in [0.15, 0.2) is 0 Å². The molecule has 3 rings (SSSR count). The average Bonchev–Trinajstić information content (AvgIpc) is 2.75. The number of nitro benzene ring substituents is 2. The van der Waals surface area contributed by atoms with Gasteiger partial charge in [0, 0.05) is 27.7 Å². The molecule has 8 heteroatoms. The Morgan fingerprint density at radius 1 is 0.806 bits per heavy atom. The molecule has 3 aromatic rings. The van der Waals surface area contributed by atoms with Gasteiger partial charge in [-0.15, -0.1) is 0 Å². The number of hydrogen-bond acceptors (Lipinski definition) is 5. The van der Waals surface area contributed by atoms with Gasteiger partial charge in [0.1, 0.15) is 5.75 Å². The number of rotatable bonds is 5. The Kier molecular flexibility index (Phi) is 8.45. The summed E-state index contributed by atoms with van der Waals surface area (Å²) in [6, 6.07) is 17.8. The van der Waals surface area contributed by atoms with Crippen LogP contribution in [0.1, 0.15) is 22.3 Å². The molecule has 160 valence electrons. The van der Waals surface area contributed by atoms with Crippen molar-refractivity contribution in [3.63, 3.8) is 0 Å². The quantitative estimate of drug-likeness (QED) is 0.226. The van der Waals surface area contributed by atoms with Gasteiger partial charge in [0.25, 0.3) is 11.4 Å². The minimum absolute atomic E-state index is 0.137. The molecule has 0 fully saturated rings. The van der Waals surface area contributed by atoms with Crippen LogP contribution in [0.25, 0.3) is 12.2 Å². The summed E-state index contributed by atoms with van der Waals surface area (Å²) in [5.74, 6) is 0.780. The smallest absolute Gasteiger partial charge is 0.273 e. The minimum atomic E-state index is -0.389. The summed E-state index contributed by atoms with van der Waals surface area (Å²) >= 11 is 3.16. The first-order chi connectivity index (χ1) is 14.7. The summed E-state index contributed by atoms with van der Waals surface area (Å²) in [6.45, 7) is 3.44. The maximum Gasteiger partial charge on any atom is 0.273 e. The highest BCUT2D eigenvalue weighted by molar-refractivity contribution is 9.10. The molecule has 0 bridgehead atoms. The van der Waals surface area contributed by atoms with Crippen molar-refractivity contribution in [3.8, 4) is 5.75 Å². The van der Waals surface area contributed by atoms with E-state index in [1.807, 2.05) is 42.5 Å². The summed E-state index contributed by atoms with van der Waals surface area (Å²) < 4.78 is 5.88. The Labute approximate surface area is 188 Å². The van der Waals surface area contributed by atoms with Crippen LogP contribution in [0.15, 0.2) is 65.1 Å². The molecule has 0 radical (unpaired) electrons. The number of nitrogens with zero attached hydrogens (tertiary/aromatic N) is 2. The second kappa shape index (κ2) is 11.0. The first kappa shape index (κ1) is 23.8. The molecule has 0 spiro atoms. The van der Waals surface area contributed by atoms with Gasteiger partial charge in [0.05, 0.1) is 17.0 Å². The standard InChI is InChI=1S/C16H15NO3.C7H6BrNO2/c1-12-6-7-14(11-16(12)17(18)19)9-8-13-4-3-5-15(10-13)20-2;1-5-2-3-6(8)4-7(5)9(10)11/h3-11H,1-2H3;2-4H,1H3/b9-8+;. The van der Waals surface area contributed by atoms with E-state index in [1.165, 1.54) is 6.07 Å². The fourth-order valence-corrected chi connectivity index (χ4v) is 2.99. The fraction of sp³-hybridized carbons (Fsp3) is 0.130. The minimum Gasteiger partial charge on any atom is -0.497 e. The summed E-state index contributed by atoms with van der Waals surface area (Å²) in [5.41, 5.74) is 3.40. The monoisotopic (exact) mass is 484 g/mol. The van der Waals surface area contributed by atoms with Crippen LogP contribution in [-0.4, -0.2) is 17.0 Å². The number of ether oxygens (including phenoxy) is 1. The largest absolute Gasteiger partial charge is 0.497 e. The number of halogens is 1. The van der Waals surface area contributed by atoms with Crippen molar-refractivity contribution in [1.82, 2.24) is 0 Å². The van der Waals surface area contributed by atoms with Crippen molar-refractivity contribution >= 4 is 39.5 Å². The molecule has 0 amide bonds. The number of methoxy groups -OCH3 is 1. The highest BCUT2D eigenvalue weighted by Gasteiger charge is 2.10. The zero-order valence-electron chi connectivity index (χ0n) is 17.2. The van der Waals surface area contributed by atoms with Gasteiger partial charge < -0.3 is 4.74 Å². The molecular weight excluding hydrogens is 464 g/mol. The van der Waals surface area contributed by atoms with Crippen LogP contribution >= 0.6 is 15.9 Å². The van der Waals surface area contributed by atoms with E-state index >= 15 is 0 Å². The Morgan fingerprint density at radius 3 is 1.90 bits per heavy atom. The third-order valence-corrected chi connectivity index (χ3v) is 4.85. The van der Waals surface area contributed by atoms with Gasteiger partial charge in [-0.25, -0.2) is 0 Å². The normalized spacial score (nSPS) is 10.3. The summed E-state index contributed by atoms with van der Waals surface area (Å²) in [4.78, 5) is 20.5. The van der Waals surface area contributed by atoms with Gasteiger partial charge in [0.2, 0.25) is 0 Å². The zero-order chi connectivity index (χ0) is 23.0. The molecule has 0 unspecified atom stereocenters. The lowest BCUT2D eigenvalue weighted by Gasteiger charge is -2.01. The van der Waals surface area contributed by atoms with Gasteiger partial charge in [-0.05, 0) is 43.2 Å². The third-order valence-electron chi connectivity index (χ3n) is 4.36. The molecule has 0 atom stereocenters. The number of aryl methyl sites for hydroxylation is 2. The summed E-state index contributed by atoms with van der Waals surface area (Å²) in [6.07, 6.45) is 3.75. The summed E-state index contributed by atoms with van der Waals surface area (Å²) in [7, 11) is 1.62. The van der Waals surface area contributed by atoms with E-state index in [4.69, 9.17) is 4.74 Å². The Bertz CT molecular complexity index is 1130. The molecule has 0 aliphatic rings. The molecule has 0 aliphatic carbocycles. The Morgan fingerprint density at radius 2 is 1.35 bits per heavy atom. The van der Waals surface area contributed by atoms with Crippen LogP contribution in [0.5, 0.6) is 5.75 Å². The predicted octanol–water partition coefficient (Wildman–Crippen LogP) is 6.75. The third kappa shape index (κ3) is 7.04. The molecule has 7 nitrogen and oxygen atoms in total. The highest BCUT2D eigenvalue weighted by Crippen LogP contribution is 2.22. The second-order valence-corrected chi connectivity index (χ2v) is 7.52. The lowest BCUT2D eigenvalue weighted by Crippen LogP contribution is -1.91. The molecule has 0 saturated carbocycles. The van der Waals surface area contributed by atoms with Gasteiger partial charge in [-0.2, -0.15) is 0 Å². The lowest BCUT2D eigenvalue weighted by atomic mass is 10.1. The highest BCUT2D eigenvalue weighted by atomic mass is 79.9. The first-order valence-corrected chi connectivity index (χ1v) is 9.98. The number of benzene rings is 3. The Hall–Kier alpha value is -3.52. The molecule has 0 saturated heterocycles. The number of hydrogen-bond donors (Lipinski definition) is 0. The Balaban J connectivity index is 0.000000262. The van der Waals surface area contributed by atoms with Crippen molar-refractivity contribution in [2.45, 2.75) is 13.8 Å². The molecule has 0 N–H and O–H groups in total. The van der Waals surface area contributed by atoms with E-state index in [0.29, 0.717) is 11.1 Å². The van der Waals surface area contributed by atoms with Crippen LogP contribution in [0.2, 0.25) is 0 Å². The number of nitro groups is 2. The van der Waals surface area contributed by atoms with Gasteiger partial charge >= 0.3 is 0 Å². The van der Waals surface area contributed by atoms with E-state index in [0.717, 1.165) is 21.3 Å². The van der Waals surface area contributed by atoms with E-state index < -0.39 is 0 Å². The van der Waals surface area contributed by atoms with Crippen LogP contribution in [-0.2, 0) is 0 Å². The van der Waals surface area contributed by atoms with Crippen molar-refractivity contribution in [3.05, 3.63) is 108 Å². The van der Waals surface area contributed by atoms with E-state index in [1.54, 1.807) is 45.2 Å². The first-order valence-electron chi connectivity index (χ1n) is 9.19. The van der Waals surface area contributed by atoms with Crippen LogP contribution in [0.3, 0.4) is 0 Å². The lowest BCUT2D eigenvalue weighted by molar-refractivity contribution is -0.385. The molecule has 31 heavy (non-hydrogen) atoms. The second-order valence-electron chi connectivity index (χ2n) is 6.60. The van der Waals surface area contributed by atoms with Crippen LogP contribution in [0.4, 0.5) is 11.4 Å². The SMILES string of the molecule is COc1cccc(/C=C/c2ccc(C)c([N+](=O)[O-])c2)c1.Cc1ccc(Br)cc1[N+](=O)[O-]. The maximum atomic E-state index is 10.9. The topological polar surface area (TPSA) is 95.5 Å². The van der Waals surface area contributed by atoms with E-state index in [9.17, 15) is 20.2 Å². The predicted molar refractivity (Wildman–Crippen MR) is 125 cm³/mol. The van der Waals surface area contributed by atoms with E-state index in [-0.39, 0.29) is 21.2 Å². The molecular formula is C23H21BrN2O5. The van der Waals surface area contributed by atoms with E-state index in [2.05, 4.69) is 15.9 Å². The molecule has 0 heterocycles. The van der Waals surface area contributed by atoms with Crippen molar-refractivity contribution < 1.29 is 14.6 Å². The van der Waals surface area contributed by atoms with Gasteiger partial charge in [-0.3, -0.25) is 20.2 Å². The van der Waals surface area contributed by atoms with Crippen molar-refractivity contribution in [2.24, 2.45) is 0 Å². The summed E-state index contributed by atoms with van der Waals surface area (Å²) in [5, 5.41) is 21.3. The van der Waals surface area contributed by atoms with Crippen molar-refractivity contribution in [2.75, 3.05) is 7.11 Å². The van der Waals surface area contributed by atoms with Gasteiger partial charge in [-0.1, -0.05) is 58.4 Å². The average molecular weight is 485 g/mol.